The molecule has 12 heteroatoms. The molecule has 0 aromatic heterocycles. The number of esters is 2. The van der Waals surface area contributed by atoms with Gasteiger partial charge in [0, 0.05) is 5.56 Å². The lowest BCUT2D eigenvalue weighted by atomic mass is 10.00. The fraction of sp³-hybridized carbons (Fsp3) is 0.407. The first-order chi connectivity index (χ1) is 17.7. The van der Waals surface area contributed by atoms with Crippen LogP contribution in [0.5, 0.6) is 0 Å². The zero-order valence-corrected chi connectivity index (χ0v) is 26.3. The Hall–Kier alpha value is -2.32. The number of thiocarbonyl (C=S) groups is 1. The predicted molar refractivity (Wildman–Crippen MR) is 170 cm³/mol. The molecular weight excluding hydrogens is 575 g/mol. The van der Waals surface area contributed by atoms with Crippen LogP contribution in [-0.2, 0) is 30.3 Å². The van der Waals surface area contributed by atoms with Crippen LogP contribution < -0.4 is 5.73 Å². The van der Waals surface area contributed by atoms with Crippen LogP contribution in [0.25, 0.3) is 4.85 Å². The number of methoxy groups -OCH3 is 2. The van der Waals surface area contributed by atoms with Gasteiger partial charge in [0.25, 0.3) is 0 Å². The molecule has 2 aromatic rings. The van der Waals surface area contributed by atoms with E-state index < -0.39 is 11.7 Å². The summed E-state index contributed by atoms with van der Waals surface area (Å²) in [5, 5.41) is 0. The van der Waals surface area contributed by atoms with Crippen LogP contribution in [0.15, 0.2) is 24.3 Å². The van der Waals surface area contributed by atoms with Gasteiger partial charge in [0.05, 0.1) is 45.1 Å². The maximum Gasteiger partial charge on any atom is 0.338 e. The van der Waals surface area contributed by atoms with Gasteiger partial charge in [-0.15, -0.1) is 0 Å². The molecule has 0 unspecified atom stereocenters. The standard InChI is InChI=1S/C11H13NO2S.C11H11NO2.C4H11O2PS2.CH4/c1-6-4-7(2)9(11(13)14-3)5-8(6)10(12)15;1-7-5-8(2)10(12-3)6-9(7)11(13)14-4;1-3-5-7(8,9)6-4-2;/h4-5H,1-3H3,(H2,12,15);5-6H,1-2,4H3;3-4H2,1-2H3,(H,8,9);1H4. The van der Waals surface area contributed by atoms with E-state index in [9.17, 15) is 9.59 Å². The minimum atomic E-state index is -2.16. The van der Waals surface area contributed by atoms with Gasteiger partial charge in [0.2, 0.25) is 5.69 Å². The highest BCUT2D eigenvalue weighted by Gasteiger charge is 2.13. The number of carbonyl (C=O) groups excluding carboxylic acids is 2. The predicted octanol–water partition coefficient (Wildman–Crippen LogP) is 7.21. The Morgan fingerprint density at radius 1 is 0.872 bits per heavy atom. The van der Waals surface area contributed by atoms with E-state index in [0.29, 0.717) is 30.0 Å². The summed E-state index contributed by atoms with van der Waals surface area (Å²) >= 11 is 13.8. The number of hydrogen-bond donors (Lipinski definition) is 2. The summed E-state index contributed by atoms with van der Waals surface area (Å²) in [6.07, 6.45) is 0. The molecule has 2 aromatic carbocycles. The molecule has 0 atom stereocenters. The van der Waals surface area contributed by atoms with Crippen molar-refractivity contribution >= 4 is 64.6 Å². The van der Waals surface area contributed by atoms with Crippen LogP contribution in [-0.4, -0.2) is 44.4 Å². The number of hydrogen-bond acceptors (Lipinski definition) is 8. The van der Waals surface area contributed by atoms with E-state index in [1.165, 1.54) is 14.2 Å². The lowest BCUT2D eigenvalue weighted by Gasteiger charge is -2.13. The van der Waals surface area contributed by atoms with Crippen LogP contribution in [0.2, 0.25) is 0 Å². The lowest BCUT2D eigenvalue weighted by Crippen LogP contribution is -2.14. The molecule has 2 N–H and O–H groups in total. The molecule has 0 bridgehead atoms. The fourth-order valence-corrected chi connectivity index (χ4v) is 5.37. The van der Waals surface area contributed by atoms with Gasteiger partial charge in [-0.05, 0) is 87.7 Å². The highest BCUT2D eigenvalue weighted by atomic mass is 32.9. The van der Waals surface area contributed by atoms with E-state index in [1.807, 2.05) is 53.7 Å². The minimum absolute atomic E-state index is 0. The average molecular weight is 615 g/mol. The first-order valence-electron chi connectivity index (χ1n) is 11.4. The molecule has 0 radical (unpaired) electrons. The number of benzene rings is 2. The fourth-order valence-electron chi connectivity index (χ4n) is 3.10. The first kappa shape index (κ1) is 38.8. The molecular formula is C27H39N2O6PS3. The highest BCUT2D eigenvalue weighted by molar-refractivity contribution is 8.60. The molecule has 0 saturated carbocycles. The van der Waals surface area contributed by atoms with E-state index in [2.05, 4.69) is 26.6 Å². The third-order valence-corrected chi connectivity index (χ3v) is 7.61. The van der Waals surface area contributed by atoms with Crippen molar-refractivity contribution in [2.45, 2.75) is 49.0 Å². The summed E-state index contributed by atoms with van der Waals surface area (Å²) < 4.78 is 19.4. The second kappa shape index (κ2) is 18.9. The Morgan fingerprint density at radius 3 is 1.62 bits per heavy atom. The lowest BCUT2D eigenvalue weighted by molar-refractivity contribution is 0.0591. The van der Waals surface area contributed by atoms with Crippen LogP contribution >= 0.6 is 30.2 Å². The Labute approximate surface area is 248 Å². The van der Waals surface area contributed by atoms with Crippen molar-refractivity contribution in [2.75, 3.05) is 27.4 Å². The van der Waals surface area contributed by atoms with Crippen molar-refractivity contribution in [1.82, 2.24) is 0 Å². The number of ether oxygens (including phenoxy) is 2. The Balaban J connectivity index is 0. The van der Waals surface area contributed by atoms with Gasteiger partial charge in [0.1, 0.15) is 4.99 Å². The molecule has 0 spiro atoms. The molecule has 0 aliphatic rings. The molecule has 2 rings (SSSR count). The Bertz CT molecular complexity index is 1240. The van der Waals surface area contributed by atoms with Gasteiger partial charge in [-0.2, -0.15) is 0 Å². The number of carbonyl (C=O) groups is 2. The quantitative estimate of drug-likeness (QED) is 0.110. The van der Waals surface area contributed by atoms with Crippen LogP contribution in [0.1, 0.15) is 69.8 Å². The van der Waals surface area contributed by atoms with Gasteiger partial charge in [-0.25, -0.2) is 14.4 Å². The van der Waals surface area contributed by atoms with Gasteiger partial charge in [-0.3, -0.25) is 0 Å². The van der Waals surface area contributed by atoms with Crippen molar-refractivity contribution < 1.29 is 28.1 Å². The van der Waals surface area contributed by atoms with Gasteiger partial charge < -0.3 is 24.3 Å². The van der Waals surface area contributed by atoms with E-state index in [-0.39, 0.29) is 18.4 Å². The summed E-state index contributed by atoms with van der Waals surface area (Å²) in [4.78, 5) is 26.3. The molecule has 0 aliphatic heterocycles. The Morgan fingerprint density at radius 2 is 1.26 bits per heavy atom. The number of thiol groups is 1. The summed E-state index contributed by atoms with van der Waals surface area (Å²) in [5.74, 6) is -0.766. The summed E-state index contributed by atoms with van der Waals surface area (Å²) in [6.45, 7) is 19.2. The molecule has 0 fully saturated rings. The number of nitrogens with zero attached hydrogens (tertiary/aromatic N) is 1. The van der Waals surface area contributed by atoms with Gasteiger partial charge >= 0.3 is 11.9 Å². The summed E-state index contributed by atoms with van der Waals surface area (Å²) in [7, 11) is 2.68. The van der Waals surface area contributed by atoms with Gasteiger partial charge in [0.15, 0.2) is 5.69 Å². The zero-order chi connectivity index (χ0) is 29.6. The van der Waals surface area contributed by atoms with Crippen molar-refractivity contribution in [3.8, 4) is 0 Å². The molecule has 0 saturated heterocycles. The Kier molecular flexibility index (Phi) is 18.8. The monoisotopic (exact) mass is 614 g/mol. The van der Waals surface area contributed by atoms with E-state index in [4.69, 9.17) is 45.4 Å². The molecule has 216 valence electrons. The molecule has 0 aliphatic carbocycles. The van der Waals surface area contributed by atoms with Crippen molar-refractivity contribution in [1.29, 1.82) is 0 Å². The minimum Gasteiger partial charge on any atom is -0.465 e. The summed E-state index contributed by atoms with van der Waals surface area (Å²) in [5.41, 5.74) is 9.11. The SMILES string of the molecule is C.CCOP(=S)(S)OCC.COC(=O)c1cc(C(N)=S)c(C)cc1C.[C-]#[N+]c1cc(C(=O)OC)c(C)cc1C. The van der Waals surface area contributed by atoms with Crippen LogP contribution in [0.3, 0.4) is 0 Å². The topological polar surface area (TPSA) is 101 Å². The maximum atomic E-state index is 11.4. The number of aryl methyl sites for hydroxylation is 4. The van der Waals surface area contributed by atoms with Crippen molar-refractivity contribution in [3.05, 3.63) is 74.6 Å². The maximum absolute atomic E-state index is 11.4. The van der Waals surface area contributed by atoms with E-state index in [0.717, 1.165) is 27.8 Å². The second-order valence-corrected chi connectivity index (χ2v) is 13.4. The highest BCUT2D eigenvalue weighted by Crippen LogP contribution is 2.52. The van der Waals surface area contributed by atoms with Gasteiger partial charge in [-0.1, -0.05) is 44.0 Å². The second-order valence-electron chi connectivity index (χ2n) is 7.70. The number of nitrogens with two attached hydrogens (primary N) is 1. The number of rotatable bonds is 7. The molecule has 0 heterocycles. The van der Waals surface area contributed by atoms with Crippen molar-refractivity contribution in [3.63, 3.8) is 0 Å². The largest absolute Gasteiger partial charge is 0.465 e. The smallest absolute Gasteiger partial charge is 0.338 e. The van der Waals surface area contributed by atoms with E-state index in [1.54, 1.807) is 12.1 Å². The molecule has 8 nitrogen and oxygen atoms in total. The third-order valence-electron chi connectivity index (χ3n) is 4.90. The summed E-state index contributed by atoms with van der Waals surface area (Å²) in [6, 6.07) is 6.95. The molecule has 39 heavy (non-hydrogen) atoms. The zero-order valence-electron chi connectivity index (χ0n) is 22.9. The van der Waals surface area contributed by atoms with Crippen LogP contribution in [0.4, 0.5) is 5.69 Å². The average Bonchev–Trinajstić information content (AvgIpc) is 2.83. The third kappa shape index (κ3) is 13.1. The first-order valence-corrected chi connectivity index (χ1v) is 15.6. The van der Waals surface area contributed by atoms with Crippen molar-refractivity contribution in [2.24, 2.45) is 5.73 Å². The van der Waals surface area contributed by atoms with E-state index >= 15 is 0 Å². The molecule has 0 amide bonds. The van der Waals surface area contributed by atoms with Crippen LogP contribution in [0, 0.1) is 34.3 Å². The normalized spacial score (nSPS) is 9.85.